The number of halogens is 1. The zero-order valence-corrected chi connectivity index (χ0v) is 12.3. The summed E-state index contributed by atoms with van der Waals surface area (Å²) in [7, 11) is 1.98. The van der Waals surface area contributed by atoms with Gasteiger partial charge in [0.25, 0.3) is 0 Å². The average molecular weight is 311 g/mol. The molecule has 0 fully saturated rings. The summed E-state index contributed by atoms with van der Waals surface area (Å²) < 4.78 is 1.18. The Bertz CT molecular complexity index is 496. The number of rotatable bonds is 4. The van der Waals surface area contributed by atoms with E-state index in [1.807, 2.05) is 19.3 Å². The molecular weight excluding hydrogens is 296 g/mol. The summed E-state index contributed by atoms with van der Waals surface area (Å²) in [5.74, 6) is 0. The lowest BCUT2D eigenvalue weighted by atomic mass is 10.1. The standard InChI is InChI=1S/C13H15BrN2S/c1-9-5-6-16-12(7-9)11(15-2)8-10-3-4-13(14)17-10/h3-7,11,15H,8H2,1-2H3. The average Bonchev–Trinajstić information content (AvgIpc) is 2.72. The first-order valence-corrected chi connectivity index (χ1v) is 7.14. The number of pyridine rings is 1. The van der Waals surface area contributed by atoms with Crippen LogP contribution in [0.5, 0.6) is 0 Å². The molecule has 0 saturated heterocycles. The molecule has 0 aliphatic rings. The first-order valence-electron chi connectivity index (χ1n) is 5.53. The van der Waals surface area contributed by atoms with Crippen molar-refractivity contribution < 1.29 is 0 Å². The topological polar surface area (TPSA) is 24.9 Å². The molecule has 2 rings (SSSR count). The van der Waals surface area contributed by atoms with Gasteiger partial charge in [-0.3, -0.25) is 4.98 Å². The lowest BCUT2D eigenvalue weighted by Gasteiger charge is -2.15. The summed E-state index contributed by atoms with van der Waals surface area (Å²) in [6.07, 6.45) is 2.85. The molecule has 2 heterocycles. The van der Waals surface area contributed by atoms with E-state index < -0.39 is 0 Å². The molecule has 0 spiro atoms. The molecular formula is C13H15BrN2S. The number of hydrogen-bond acceptors (Lipinski definition) is 3. The molecule has 0 aromatic carbocycles. The Balaban J connectivity index is 2.16. The highest BCUT2D eigenvalue weighted by Gasteiger charge is 2.12. The fourth-order valence-electron chi connectivity index (χ4n) is 1.77. The van der Waals surface area contributed by atoms with E-state index in [1.54, 1.807) is 11.3 Å². The van der Waals surface area contributed by atoms with Crippen molar-refractivity contribution in [3.63, 3.8) is 0 Å². The van der Waals surface area contributed by atoms with Crippen LogP contribution in [0.4, 0.5) is 0 Å². The van der Waals surface area contributed by atoms with Crippen LogP contribution in [-0.4, -0.2) is 12.0 Å². The molecule has 0 saturated carbocycles. The number of nitrogens with zero attached hydrogens (tertiary/aromatic N) is 1. The number of aryl methyl sites for hydroxylation is 1. The molecule has 2 nitrogen and oxygen atoms in total. The van der Waals surface area contributed by atoms with Crippen LogP contribution in [0, 0.1) is 6.92 Å². The quantitative estimate of drug-likeness (QED) is 0.931. The van der Waals surface area contributed by atoms with Gasteiger partial charge in [-0.2, -0.15) is 0 Å². The third-order valence-corrected chi connectivity index (χ3v) is 4.32. The molecule has 90 valence electrons. The SMILES string of the molecule is CNC(Cc1ccc(Br)s1)c1cc(C)ccn1. The first-order chi connectivity index (χ1) is 8.19. The largest absolute Gasteiger partial charge is 0.311 e. The highest BCUT2D eigenvalue weighted by molar-refractivity contribution is 9.11. The van der Waals surface area contributed by atoms with E-state index in [2.05, 4.69) is 51.4 Å². The summed E-state index contributed by atoms with van der Waals surface area (Å²) in [5.41, 5.74) is 2.36. The molecule has 0 radical (unpaired) electrons. The summed E-state index contributed by atoms with van der Waals surface area (Å²) in [4.78, 5) is 5.80. The van der Waals surface area contributed by atoms with Gasteiger partial charge in [-0.15, -0.1) is 11.3 Å². The molecule has 0 aliphatic heterocycles. The molecule has 0 amide bonds. The minimum atomic E-state index is 0.278. The third kappa shape index (κ3) is 3.37. The maximum absolute atomic E-state index is 4.44. The van der Waals surface area contributed by atoms with Crippen molar-refractivity contribution in [1.82, 2.24) is 10.3 Å². The summed E-state index contributed by atoms with van der Waals surface area (Å²) in [6, 6.07) is 8.70. The number of aromatic nitrogens is 1. The number of likely N-dealkylation sites (N-methyl/N-ethyl adjacent to an activating group) is 1. The number of hydrogen-bond donors (Lipinski definition) is 1. The van der Waals surface area contributed by atoms with Gasteiger partial charge in [0.1, 0.15) is 0 Å². The van der Waals surface area contributed by atoms with Crippen molar-refractivity contribution in [2.24, 2.45) is 0 Å². The predicted octanol–water partition coefficient (Wildman–Crippen LogP) is 3.72. The van der Waals surface area contributed by atoms with Crippen molar-refractivity contribution >= 4 is 27.3 Å². The van der Waals surface area contributed by atoms with Gasteiger partial charge < -0.3 is 5.32 Å². The van der Waals surface area contributed by atoms with Crippen molar-refractivity contribution in [2.75, 3.05) is 7.05 Å². The second kappa shape index (κ2) is 5.76. The predicted molar refractivity (Wildman–Crippen MR) is 76.5 cm³/mol. The van der Waals surface area contributed by atoms with Gasteiger partial charge in [0.05, 0.1) is 15.5 Å². The van der Waals surface area contributed by atoms with E-state index >= 15 is 0 Å². The Morgan fingerprint density at radius 3 is 2.82 bits per heavy atom. The summed E-state index contributed by atoms with van der Waals surface area (Å²) in [6.45, 7) is 2.10. The second-order valence-electron chi connectivity index (χ2n) is 4.01. The van der Waals surface area contributed by atoms with Gasteiger partial charge in [-0.25, -0.2) is 0 Å². The van der Waals surface area contributed by atoms with Crippen molar-refractivity contribution in [1.29, 1.82) is 0 Å². The van der Waals surface area contributed by atoms with Gasteiger partial charge >= 0.3 is 0 Å². The zero-order chi connectivity index (χ0) is 12.3. The van der Waals surface area contributed by atoms with Crippen LogP contribution in [0.25, 0.3) is 0 Å². The number of thiophene rings is 1. The molecule has 4 heteroatoms. The van der Waals surface area contributed by atoms with E-state index in [0.29, 0.717) is 0 Å². The summed E-state index contributed by atoms with van der Waals surface area (Å²) in [5, 5.41) is 3.33. The Hall–Kier alpha value is -0.710. The van der Waals surface area contributed by atoms with Crippen LogP contribution in [0.2, 0.25) is 0 Å². The van der Waals surface area contributed by atoms with Crippen molar-refractivity contribution in [3.8, 4) is 0 Å². The Morgan fingerprint density at radius 1 is 1.41 bits per heavy atom. The van der Waals surface area contributed by atoms with E-state index in [0.717, 1.165) is 12.1 Å². The van der Waals surface area contributed by atoms with Gasteiger partial charge in [0, 0.05) is 17.5 Å². The monoisotopic (exact) mass is 310 g/mol. The fraction of sp³-hybridized carbons (Fsp3) is 0.308. The van der Waals surface area contributed by atoms with Crippen LogP contribution >= 0.6 is 27.3 Å². The van der Waals surface area contributed by atoms with Gasteiger partial charge in [-0.05, 0) is 59.7 Å². The minimum absolute atomic E-state index is 0.278. The lowest BCUT2D eigenvalue weighted by molar-refractivity contribution is 0.579. The van der Waals surface area contributed by atoms with Crippen LogP contribution in [-0.2, 0) is 6.42 Å². The van der Waals surface area contributed by atoms with E-state index in [9.17, 15) is 0 Å². The Labute approximate surface area is 114 Å². The molecule has 2 aromatic heterocycles. The molecule has 0 aliphatic carbocycles. The van der Waals surface area contributed by atoms with Gasteiger partial charge in [0.15, 0.2) is 0 Å². The molecule has 1 N–H and O–H groups in total. The van der Waals surface area contributed by atoms with E-state index in [1.165, 1.54) is 14.2 Å². The van der Waals surface area contributed by atoms with E-state index in [4.69, 9.17) is 0 Å². The molecule has 17 heavy (non-hydrogen) atoms. The highest BCUT2D eigenvalue weighted by atomic mass is 79.9. The first kappa shape index (κ1) is 12.7. The normalized spacial score (nSPS) is 12.6. The Morgan fingerprint density at radius 2 is 2.24 bits per heavy atom. The smallest absolute Gasteiger partial charge is 0.0701 e. The lowest BCUT2D eigenvalue weighted by Crippen LogP contribution is -2.19. The van der Waals surface area contributed by atoms with Crippen LogP contribution in [0.1, 0.15) is 22.2 Å². The van der Waals surface area contributed by atoms with Crippen LogP contribution in [0.3, 0.4) is 0 Å². The zero-order valence-electron chi connectivity index (χ0n) is 9.90. The highest BCUT2D eigenvalue weighted by Crippen LogP contribution is 2.26. The third-order valence-electron chi connectivity index (χ3n) is 2.68. The minimum Gasteiger partial charge on any atom is -0.311 e. The van der Waals surface area contributed by atoms with Crippen molar-refractivity contribution in [3.05, 3.63) is 50.4 Å². The van der Waals surface area contributed by atoms with E-state index in [-0.39, 0.29) is 6.04 Å². The Kier molecular flexibility index (Phi) is 4.31. The fourth-order valence-corrected chi connectivity index (χ4v) is 3.30. The maximum Gasteiger partial charge on any atom is 0.0701 e. The van der Waals surface area contributed by atoms with Crippen LogP contribution in [0.15, 0.2) is 34.2 Å². The molecule has 0 bridgehead atoms. The number of nitrogens with one attached hydrogen (secondary N) is 1. The second-order valence-corrected chi connectivity index (χ2v) is 6.56. The van der Waals surface area contributed by atoms with Gasteiger partial charge in [-0.1, -0.05) is 0 Å². The maximum atomic E-state index is 4.44. The molecule has 1 unspecified atom stereocenters. The van der Waals surface area contributed by atoms with Crippen molar-refractivity contribution in [2.45, 2.75) is 19.4 Å². The van der Waals surface area contributed by atoms with Gasteiger partial charge in [0.2, 0.25) is 0 Å². The summed E-state index contributed by atoms with van der Waals surface area (Å²) >= 11 is 5.27. The molecule has 2 aromatic rings. The van der Waals surface area contributed by atoms with Crippen LogP contribution < -0.4 is 5.32 Å². The molecule has 1 atom stereocenters.